The molecule has 3 nitrogen and oxygen atoms in total. The molecule has 0 bridgehead atoms. The van der Waals surface area contributed by atoms with Gasteiger partial charge in [-0.1, -0.05) is 6.07 Å². The van der Waals surface area contributed by atoms with Crippen molar-refractivity contribution in [2.24, 2.45) is 0 Å². The molecule has 0 saturated heterocycles. The second-order valence-corrected chi connectivity index (χ2v) is 4.18. The minimum absolute atomic E-state index is 0.280. The molecule has 0 radical (unpaired) electrons. The van der Waals surface area contributed by atoms with Gasteiger partial charge in [0.05, 0.1) is 17.9 Å². The fourth-order valence-corrected chi connectivity index (χ4v) is 2.15. The fourth-order valence-electron chi connectivity index (χ4n) is 2.15. The summed E-state index contributed by atoms with van der Waals surface area (Å²) in [6.07, 6.45) is 1.77. The van der Waals surface area contributed by atoms with Crippen LogP contribution in [0.1, 0.15) is 11.3 Å². The van der Waals surface area contributed by atoms with Crippen molar-refractivity contribution in [1.29, 1.82) is 0 Å². The fraction of sp³-hybridized carbons (Fsp3) is 0.154. The van der Waals surface area contributed by atoms with Crippen molar-refractivity contribution in [1.82, 2.24) is 4.98 Å². The van der Waals surface area contributed by atoms with Crippen molar-refractivity contribution < 1.29 is 4.39 Å². The lowest BCUT2D eigenvalue weighted by Crippen LogP contribution is -2.16. The number of hydrogen-bond acceptors (Lipinski definition) is 3. The van der Waals surface area contributed by atoms with Crippen molar-refractivity contribution >= 4 is 11.4 Å². The van der Waals surface area contributed by atoms with E-state index in [1.807, 2.05) is 17.0 Å². The van der Waals surface area contributed by atoms with E-state index in [-0.39, 0.29) is 5.82 Å². The van der Waals surface area contributed by atoms with Crippen LogP contribution in [-0.2, 0) is 13.1 Å². The number of benzene rings is 1. The van der Waals surface area contributed by atoms with E-state index in [1.54, 1.807) is 18.3 Å². The number of rotatable bonds is 1. The van der Waals surface area contributed by atoms with Crippen LogP contribution in [0.2, 0.25) is 0 Å². The Balaban J connectivity index is 1.94. The Morgan fingerprint density at radius 1 is 1.24 bits per heavy atom. The number of fused-ring (bicyclic) bond motifs is 1. The molecule has 1 aliphatic heterocycles. The molecule has 2 N–H and O–H groups in total. The highest BCUT2D eigenvalue weighted by molar-refractivity contribution is 5.56. The summed E-state index contributed by atoms with van der Waals surface area (Å²) in [5.74, 6) is -0.280. The molecule has 2 heterocycles. The predicted octanol–water partition coefficient (Wildman–Crippen LogP) is 2.32. The van der Waals surface area contributed by atoms with Gasteiger partial charge in [0.2, 0.25) is 0 Å². The highest BCUT2D eigenvalue weighted by atomic mass is 19.1. The zero-order valence-corrected chi connectivity index (χ0v) is 9.23. The van der Waals surface area contributed by atoms with E-state index in [0.717, 1.165) is 11.3 Å². The molecule has 1 aromatic heterocycles. The van der Waals surface area contributed by atoms with Crippen LogP contribution >= 0.6 is 0 Å². The number of nitrogens with zero attached hydrogens (tertiary/aromatic N) is 2. The molecule has 4 heteroatoms. The molecule has 86 valence electrons. The maximum absolute atomic E-state index is 13.8. The number of aromatic nitrogens is 1. The van der Waals surface area contributed by atoms with Crippen LogP contribution < -0.4 is 10.6 Å². The van der Waals surface area contributed by atoms with Crippen LogP contribution in [0.4, 0.5) is 15.8 Å². The summed E-state index contributed by atoms with van der Waals surface area (Å²) in [6.45, 7) is 1.35. The van der Waals surface area contributed by atoms with Crippen molar-refractivity contribution in [3.05, 3.63) is 53.6 Å². The number of nitrogen functional groups attached to an aromatic ring is 1. The molecule has 3 rings (SSSR count). The summed E-state index contributed by atoms with van der Waals surface area (Å²) in [5, 5.41) is 0. The molecule has 2 aromatic rings. The van der Waals surface area contributed by atoms with E-state index in [1.165, 1.54) is 6.07 Å². The van der Waals surface area contributed by atoms with Gasteiger partial charge in [0, 0.05) is 18.4 Å². The number of nitrogens with two attached hydrogens (primary N) is 1. The number of hydrogen-bond donors (Lipinski definition) is 1. The zero-order chi connectivity index (χ0) is 11.8. The Labute approximate surface area is 98.7 Å². The summed E-state index contributed by atoms with van der Waals surface area (Å²) in [4.78, 5) is 6.26. The van der Waals surface area contributed by atoms with Gasteiger partial charge in [0.25, 0.3) is 0 Å². The van der Waals surface area contributed by atoms with E-state index >= 15 is 0 Å². The molecule has 0 saturated carbocycles. The summed E-state index contributed by atoms with van der Waals surface area (Å²) < 4.78 is 13.8. The minimum Gasteiger partial charge on any atom is -0.399 e. The van der Waals surface area contributed by atoms with Gasteiger partial charge in [0.1, 0.15) is 5.82 Å². The standard InChI is InChI=1S/C13H12FN3/c14-11-6-10(15)3-4-13(11)17-7-9-2-1-5-16-12(9)8-17/h1-6H,7-8,15H2. The monoisotopic (exact) mass is 229 g/mol. The number of pyridine rings is 1. The smallest absolute Gasteiger partial charge is 0.148 e. The molecule has 1 aromatic carbocycles. The lowest BCUT2D eigenvalue weighted by molar-refractivity contribution is 0.620. The quantitative estimate of drug-likeness (QED) is 0.763. The first-order valence-electron chi connectivity index (χ1n) is 5.47. The molecule has 0 amide bonds. The van der Waals surface area contributed by atoms with E-state index in [0.29, 0.717) is 24.5 Å². The molecule has 0 fully saturated rings. The molecule has 0 spiro atoms. The normalized spacial score (nSPS) is 13.8. The van der Waals surface area contributed by atoms with Gasteiger partial charge in [-0.25, -0.2) is 4.39 Å². The van der Waals surface area contributed by atoms with E-state index in [2.05, 4.69) is 4.98 Å². The van der Waals surface area contributed by atoms with Crippen LogP contribution in [0.5, 0.6) is 0 Å². The third-order valence-electron chi connectivity index (χ3n) is 3.00. The number of anilines is 2. The van der Waals surface area contributed by atoms with Crippen LogP contribution in [-0.4, -0.2) is 4.98 Å². The highest BCUT2D eigenvalue weighted by Crippen LogP contribution is 2.29. The molecular formula is C13H12FN3. The van der Waals surface area contributed by atoms with Crippen LogP contribution in [0.25, 0.3) is 0 Å². The van der Waals surface area contributed by atoms with Gasteiger partial charge in [-0.05, 0) is 29.8 Å². The van der Waals surface area contributed by atoms with Gasteiger partial charge in [0.15, 0.2) is 0 Å². The largest absolute Gasteiger partial charge is 0.399 e. The number of halogens is 1. The average Bonchev–Trinajstić information content (AvgIpc) is 2.72. The van der Waals surface area contributed by atoms with E-state index in [9.17, 15) is 4.39 Å². The Morgan fingerprint density at radius 2 is 2.12 bits per heavy atom. The van der Waals surface area contributed by atoms with E-state index in [4.69, 9.17) is 5.73 Å². The lowest BCUT2D eigenvalue weighted by atomic mass is 10.2. The van der Waals surface area contributed by atoms with Crippen molar-refractivity contribution in [2.45, 2.75) is 13.1 Å². The van der Waals surface area contributed by atoms with Gasteiger partial charge < -0.3 is 10.6 Å². The summed E-state index contributed by atoms with van der Waals surface area (Å²) in [6, 6.07) is 8.72. The lowest BCUT2D eigenvalue weighted by Gasteiger charge is -2.18. The second kappa shape index (κ2) is 3.73. The van der Waals surface area contributed by atoms with Crippen LogP contribution in [0, 0.1) is 5.82 Å². The Hall–Kier alpha value is -2.10. The molecule has 17 heavy (non-hydrogen) atoms. The van der Waals surface area contributed by atoms with Crippen LogP contribution in [0.15, 0.2) is 36.5 Å². The summed E-state index contributed by atoms with van der Waals surface area (Å²) in [7, 11) is 0. The summed E-state index contributed by atoms with van der Waals surface area (Å²) in [5.41, 5.74) is 8.74. The van der Waals surface area contributed by atoms with Gasteiger partial charge >= 0.3 is 0 Å². The first-order valence-corrected chi connectivity index (χ1v) is 5.47. The Morgan fingerprint density at radius 3 is 2.88 bits per heavy atom. The van der Waals surface area contributed by atoms with E-state index < -0.39 is 0 Å². The van der Waals surface area contributed by atoms with Gasteiger partial charge in [-0.3, -0.25) is 4.98 Å². The van der Waals surface area contributed by atoms with Crippen LogP contribution in [0.3, 0.4) is 0 Å². The van der Waals surface area contributed by atoms with Gasteiger partial charge in [-0.15, -0.1) is 0 Å². The average molecular weight is 229 g/mol. The third-order valence-corrected chi connectivity index (χ3v) is 3.00. The Kier molecular flexibility index (Phi) is 2.21. The maximum atomic E-state index is 13.8. The van der Waals surface area contributed by atoms with Crippen molar-refractivity contribution in [2.75, 3.05) is 10.6 Å². The molecule has 0 aliphatic carbocycles. The van der Waals surface area contributed by atoms with Crippen molar-refractivity contribution in [3.63, 3.8) is 0 Å². The molecular weight excluding hydrogens is 217 g/mol. The zero-order valence-electron chi connectivity index (χ0n) is 9.23. The predicted molar refractivity (Wildman–Crippen MR) is 64.9 cm³/mol. The summed E-state index contributed by atoms with van der Waals surface area (Å²) >= 11 is 0. The Bertz CT molecular complexity index is 543. The second-order valence-electron chi connectivity index (χ2n) is 4.18. The van der Waals surface area contributed by atoms with Gasteiger partial charge in [-0.2, -0.15) is 0 Å². The minimum atomic E-state index is -0.280. The highest BCUT2D eigenvalue weighted by Gasteiger charge is 2.21. The third kappa shape index (κ3) is 1.71. The molecule has 0 atom stereocenters. The molecule has 1 aliphatic rings. The SMILES string of the molecule is Nc1ccc(N2Cc3cccnc3C2)c(F)c1. The first kappa shape index (κ1) is 10.1. The van der Waals surface area contributed by atoms with Crippen molar-refractivity contribution in [3.8, 4) is 0 Å². The maximum Gasteiger partial charge on any atom is 0.148 e. The first-order chi connectivity index (χ1) is 8.24. The topological polar surface area (TPSA) is 42.1 Å². The molecule has 0 unspecified atom stereocenters.